The summed E-state index contributed by atoms with van der Waals surface area (Å²) in [6, 6.07) is 8.74. The first-order chi connectivity index (χ1) is 11.6. The van der Waals surface area contributed by atoms with Gasteiger partial charge in [0.25, 0.3) is 0 Å². The summed E-state index contributed by atoms with van der Waals surface area (Å²) in [5.41, 5.74) is 2.09. The van der Waals surface area contributed by atoms with Crippen molar-refractivity contribution in [3.05, 3.63) is 29.8 Å². The van der Waals surface area contributed by atoms with Gasteiger partial charge in [0.15, 0.2) is 0 Å². The minimum Gasteiger partial charge on any atom is -0.387 e. The second kappa shape index (κ2) is 10.0. The number of nitrogens with one attached hydrogen (secondary N) is 2. The molecule has 0 radical (unpaired) electrons. The highest BCUT2D eigenvalue weighted by Crippen LogP contribution is 2.31. The minimum absolute atomic E-state index is 0.446. The number of para-hydroxylation sites is 1. The zero-order valence-electron chi connectivity index (χ0n) is 15.7. The van der Waals surface area contributed by atoms with Crippen molar-refractivity contribution in [2.75, 3.05) is 18.4 Å². The second-order valence-corrected chi connectivity index (χ2v) is 7.66. The van der Waals surface area contributed by atoms with Gasteiger partial charge in [-0.25, -0.2) is 0 Å². The molecule has 0 amide bonds. The van der Waals surface area contributed by atoms with Gasteiger partial charge in [0.05, 0.1) is 6.10 Å². The average Bonchev–Trinajstić information content (AvgIpc) is 3.06. The fourth-order valence-electron chi connectivity index (χ4n) is 3.74. The summed E-state index contributed by atoms with van der Waals surface area (Å²) in [7, 11) is 0. The lowest BCUT2D eigenvalue weighted by molar-refractivity contribution is 0.170. The van der Waals surface area contributed by atoms with Gasteiger partial charge in [0.2, 0.25) is 0 Å². The normalized spacial score (nSPS) is 22.0. The van der Waals surface area contributed by atoms with Crippen LogP contribution in [-0.2, 0) is 0 Å². The molecule has 0 aliphatic heterocycles. The van der Waals surface area contributed by atoms with Crippen molar-refractivity contribution in [3.63, 3.8) is 0 Å². The number of aliphatic hydroxyl groups is 1. The first kappa shape index (κ1) is 19.3. The largest absolute Gasteiger partial charge is 0.387 e. The molecule has 0 bridgehead atoms. The number of benzene rings is 1. The number of hydrogen-bond donors (Lipinski definition) is 3. The van der Waals surface area contributed by atoms with Gasteiger partial charge in [0, 0.05) is 30.4 Å². The molecule has 2 rings (SSSR count). The number of aliphatic hydroxyl groups excluding tert-OH is 1. The predicted molar refractivity (Wildman–Crippen MR) is 103 cm³/mol. The quantitative estimate of drug-likeness (QED) is 0.542. The summed E-state index contributed by atoms with van der Waals surface area (Å²) in [5, 5.41) is 17.7. The highest BCUT2D eigenvalue weighted by atomic mass is 16.3. The van der Waals surface area contributed by atoms with Crippen molar-refractivity contribution < 1.29 is 5.11 Å². The molecule has 1 fully saturated rings. The Bertz CT molecular complexity index is 475. The van der Waals surface area contributed by atoms with E-state index in [1.165, 1.54) is 38.5 Å². The molecule has 1 aliphatic rings. The van der Waals surface area contributed by atoms with E-state index in [9.17, 15) is 5.11 Å². The Labute approximate surface area is 148 Å². The molecule has 1 aromatic rings. The molecular weight excluding hydrogens is 296 g/mol. The molecule has 0 spiro atoms. The van der Waals surface area contributed by atoms with Crippen molar-refractivity contribution >= 4 is 5.69 Å². The highest BCUT2D eigenvalue weighted by Gasteiger charge is 2.27. The summed E-state index contributed by atoms with van der Waals surface area (Å²) < 4.78 is 0. The standard InChI is InChI=1S/C21H36N2O/c1-4-5-8-13-22-20-10-7-6-9-19(20)21(24)15-23-18-12-11-17(14-18)16(2)3/h6-7,9-10,16-18,21-24H,4-5,8,11-15H2,1-3H3. The Balaban J connectivity index is 1.82. The number of hydrogen-bond acceptors (Lipinski definition) is 3. The van der Waals surface area contributed by atoms with Crippen LogP contribution in [0, 0.1) is 11.8 Å². The molecule has 3 nitrogen and oxygen atoms in total. The van der Waals surface area contributed by atoms with Crippen LogP contribution in [0.4, 0.5) is 5.69 Å². The summed E-state index contributed by atoms with van der Waals surface area (Å²) >= 11 is 0. The Hall–Kier alpha value is -1.06. The maximum Gasteiger partial charge on any atom is 0.0934 e. The third-order valence-electron chi connectivity index (χ3n) is 5.43. The van der Waals surface area contributed by atoms with Crippen LogP contribution < -0.4 is 10.6 Å². The monoisotopic (exact) mass is 332 g/mol. The summed E-state index contributed by atoms with van der Waals surface area (Å²) in [5.74, 6) is 1.61. The molecule has 3 N–H and O–H groups in total. The first-order valence-corrected chi connectivity index (χ1v) is 9.86. The Morgan fingerprint density at radius 1 is 1.17 bits per heavy atom. The molecule has 0 heterocycles. The van der Waals surface area contributed by atoms with Crippen molar-refractivity contribution in [1.82, 2.24) is 5.32 Å². The van der Waals surface area contributed by atoms with Crippen LogP contribution in [0.3, 0.4) is 0 Å². The predicted octanol–water partition coefficient (Wildman–Crippen LogP) is 4.74. The molecule has 24 heavy (non-hydrogen) atoms. The van der Waals surface area contributed by atoms with Crippen LogP contribution in [-0.4, -0.2) is 24.2 Å². The molecule has 3 heteroatoms. The Morgan fingerprint density at radius 2 is 1.96 bits per heavy atom. The van der Waals surface area contributed by atoms with Crippen molar-refractivity contribution in [3.8, 4) is 0 Å². The van der Waals surface area contributed by atoms with Crippen LogP contribution in [0.2, 0.25) is 0 Å². The van der Waals surface area contributed by atoms with Crippen molar-refractivity contribution in [2.45, 2.75) is 71.4 Å². The van der Waals surface area contributed by atoms with Gasteiger partial charge in [-0.1, -0.05) is 51.8 Å². The van der Waals surface area contributed by atoms with Crippen molar-refractivity contribution in [2.24, 2.45) is 11.8 Å². The average molecular weight is 333 g/mol. The maximum atomic E-state index is 10.6. The molecule has 0 aromatic heterocycles. The van der Waals surface area contributed by atoms with Gasteiger partial charge >= 0.3 is 0 Å². The topological polar surface area (TPSA) is 44.3 Å². The van der Waals surface area contributed by atoms with Crippen LogP contribution in [0.5, 0.6) is 0 Å². The molecule has 3 unspecified atom stereocenters. The molecule has 1 aliphatic carbocycles. The Morgan fingerprint density at radius 3 is 2.67 bits per heavy atom. The van der Waals surface area contributed by atoms with Crippen LogP contribution in [0.1, 0.15) is 71.0 Å². The van der Waals surface area contributed by atoms with E-state index >= 15 is 0 Å². The van der Waals surface area contributed by atoms with E-state index < -0.39 is 6.10 Å². The Kier molecular flexibility index (Phi) is 8.07. The smallest absolute Gasteiger partial charge is 0.0934 e. The molecule has 136 valence electrons. The number of unbranched alkanes of at least 4 members (excludes halogenated alkanes) is 2. The van der Waals surface area contributed by atoms with Gasteiger partial charge in [-0.2, -0.15) is 0 Å². The number of rotatable bonds is 10. The fourth-order valence-corrected chi connectivity index (χ4v) is 3.74. The first-order valence-electron chi connectivity index (χ1n) is 9.86. The van der Waals surface area contributed by atoms with E-state index in [0.29, 0.717) is 12.6 Å². The lowest BCUT2D eigenvalue weighted by atomic mass is 9.94. The summed E-state index contributed by atoms with van der Waals surface area (Å²) in [6.07, 6.45) is 7.03. The van der Waals surface area contributed by atoms with Gasteiger partial charge in [-0.15, -0.1) is 0 Å². The summed E-state index contributed by atoms with van der Waals surface area (Å²) in [4.78, 5) is 0. The third kappa shape index (κ3) is 5.78. The van der Waals surface area contributed by atoms with E-state index in [-0.39, 0.29) is 0 Å². The van der Waals surface area contributed by atoms with Gasteiger partial charge in [0.1, 0.15) is 0 Å². The zero-order valence-corrected chi connectivity index (χ0v) is 15.7. The highest BCUT2D eigenvalue weighted by molar-refractivity contribution is 5.52. The van der Waals surface area contributed by atoms with E-state index in [4.69, 9.17) is 0 Å². The molecular formula is C21H36N2O. The lowest BCUT2D eigenvalue weighted by Crippen LogP contribution is -2.31. The van der Waals surface area contributed by atoms with Gasteiger partial charge in [-0.05, 0) is 43.6 Å². The van der Waals surface area contributed by atoms with Crippen LogP contribution in [0.15, 0.2) is 24.3 Å². The van der Waals surface area contributed by atoms with E-state index in [1.807, 2.05) is 18.2 Å². The van der Waals surface area contributed by atoms with Crippen LogP contribution >= 0.6 is 0 Å². The maximum absolute atomic E-state index is 10.6. The molecule has 0 saturated heterocycles. The van der Waals surface area contributed by atoms with E-state index in [2.05, 4.69) is 37.5 Å². The molecule has 1 saturated carbocycles. The SMILES string of the molecule is CCCCCNc1ccccc1C(O)CNC1CCC(C(C)C)C1. The van der Waals surface area contributed by atoms with E-state index in [1.54, 1.807) is 0 Å². The summed E-state index contributed by atoms with van der Waals surface area (Å²) in [6.45, 7) is 8.48. The van der Waals surface area contributed by atoms with Crippen molar-refractivity contribution in [1.29, 1.82) is 0 Å². The zero-order chi connectivity index (χ0) is 17.4. The van der Waals surface area contributed by atoms with E-state index in [0.717, 1.165) is 29.6 Å². The molecule has 3 atom stereocenters. The van der Waals surface area contributed by atoms with Crippen LogP contribution in [0.25, 0.3) is 0 Å². The fraction of sp³-hybridized carbons (Fsp3) is 0.714. The minimum atomic E-state index is -0.446. The number of anilines is 1. The van der Waals surface area contributed by atoms with Gasteiger partial charge < -0.3 is 15.7 Å². The lowest BCUT2D eigenvalue weighted by Gasteiger charge is -2.20. The third-order valence-corrected chi connectivity index (χ3v) is 5.43. The van der Waals surface area contributed by atoms with Gasteiger partial charge in [-0.3, -0.25) is 0 Å². The molecule has 1 aromatic carbocycles. The second-order valence-electron chi connectivity index (χ2n) is 7.66.